The molecule has 0 atom stereocenters. The molecule has 134 valence electrons. The summed E-state index contributed by atoms with van der Waals surface area (Å²) in [5.74, 6) is 1.57. The minimum Gasteiger partial charge on any atom is -0.497 e. The van der Waals surface area contributed by atoms with Crippen LogP contribution in [0.2, 0.25) is 0 Å². The third kappa shape index (κ3) is 3.57. The first kappa shape index (κ1) is 18.0. The number of hydrogen-bond donors (Lipinski definition) is 0. The maximum Gasteiger partial charge on any atom is 0.363 e. The van der Waals surface area contributed by atoms with Crippen LogP contribution in [0.4, 0.5) is 0 Å². The molecule has 2 aromatic rings. The van der Waals surface area contributed by atoms with Gasteiger partial charge in [-0.15, -0.1) is 0 Å². The smallest absolute Gasteiger partial charge is 0.363 e. The summed E-state index contributed by atoms with van der Waals surface area (Å²) in [6.07, 6.45) is 1.63. The molecular formula is C19H16BrNO5. The Morgan fingerprint density at radius 2 is 1.77 bits per heavy atom. The second kappa shape index (κ2) is 7.61. The minimum atomic E-state index is -0.512. The lowest BCUT2D eigenvalue weighted by Crippen LogP contribution is -2.05. The molecule has 1 aliphatic heterocycles. The van der Waals surface area contributed by atoms with E-state index in [-0.39, 0.29) is 11.6 Å². The largest absolute Gasteiger partial charge is 0.497 e. The van der Waals surface area contributed by atoms with Gasteiger partial charge >= 0.3 is 5.97 Å². The van der Waals surface area contributed by atoms with Crippen molar-refractivity contribution in [2.45, 2.75) is 0 Å². The summed E-state index contributed by atoms with van der Waals surface area (Å²) in [5, 5.41) is 0. The molecule has 0 unspecified atom stereocenters. The maximum atomic E-state index is 12.2. The van der Waals surface area contributed by atoms with E-state index in [1.807, 2.05) is 6.07 Å². The number of aliphatic imine (C=N–C) groups is 1. The van der Waals surface area contributed by atoms with Crippen molar-refractivity contribution in [2.24, 2.45) is 4.99 Å². The fourth-order valence-corrected chi connectivity index (χ4v) is 3.07. The molecule has 6 nitrogen and oxygen atoms in total. The highest BCUT2D eigenvalue weighted by Crippen LogP contribution is 2.37. The van der Waals surface area contributed by atoms with Crippen LogP contribution in [-0.2, 0) is 9.53 Å². The van der Waals surface area contributed by atoms with Crippen LogP contribution in [0.3, 0.4) is 0 Å². The lowest BCUT2D eigenvalue weighted by Gasteiger charge is -2.10. The molecule has 0 saturated carbocycles. The van der Waals surface area contributed by atoms with Crippen LogP contribution in [0.15, 0.2) is 51.6 Å². The summed E-state index contributed by atoms with van der Waals surface area (Å²) in [5.41, 5.74) is 1.62. The van der Waals surface area contributed by atoms with E-state index in [4.69, 9.17) is 18.9 Å². The van der Waals surface area contributed by atoms with Crippen molar-refractivity contribution in [3.05, 3.63) is 57.7 Å². The van der Waals surface area contributed by atoms with Crippen molar-refractivity contribution >= 4 is 33.9 Å². The maximum absolute atomic E-state index is 12.2. The van der Waals surface area contributed by atoms with E-state index in [1.165, 1.54) is 0 Å². The van der Waals surface area contributed by atoms with E-state index in [9.17, 15) is 4.79 Å². The number of cyclic esters (lactones) is 1. The van der Waals surface area contributed by atoms with Gasteiger partial charge in [-0.25, -0.2) is 9.79 Å². The number of nitrogens with zero attached hydrogens (tertiary/aromatic N) is 1. The van der Waals surface area contributed by atoms with Gasteiger partial charge in [0.2, 0.25) is 5.90 Å². The zero-order valence-electron chi connectivity index (χ0n) is 14.4. The van der Waals surface area contributed by atoms with Crippen molar-refractivity contribution in [2.75, 3.05) is 21.3 Å². The first-order valence-corrected chi connectivity index (χ1v) is 8.43. The Balaban J connectivity index is 1.94. The minimum absolute atomic E-state index is 0.204. The van der Waals surface area contributed by atoms with Gasteiger partial charge in [-0.1, -0.05) is 0 Å². The number of benzene rings is 2. The standard InChI is InChI=1S/C19H16BrNO5/c1-23-13-6-4-12(5-7-13)18-21-15(19(22)26-18)9-11-8-14(20)17(25-3)16(10-11)24-2/h4-10H,1-3H3. The van der Waals surface area contributed by atoms with Crippen molar-refractivity contribution in [1.29, 1.82) is 0 Å². The molecule has 0 spiro atoms. The summed E-state index contributed by atoms with van der Waals surface area (Å²) in [6.45, 7) is 0. The van der Waals surface area contributed by atoms with Crippen molar-refractivity contribution in [3.63, 3.8) is 0 Å². The average molecular weight is 418 g/mol. The molecule has 26 heavy (non-hydrogen) atoms. The number of ether oxygens (including phenoxy) is 4. The van der Waals surface area contributed by atoms with Gasteiger partial charge in [-0.2, -0.15) is 0 Å². The van der Waals surface area contributed by atoms with Gasteiger partial charge in [0.25, 0.3) is 0 Å². The fraction of sp³-hybridized carbons (Fsp3) is 0.158. The second-order valence-corrected chi connectivity index (χ2v) is 6.16. The molecule has 0 aliphatic carbocycles. The highest BCUT2D eigenvalue weighted by Gasteiger charge is 2.24. The van der Waals surface area contributed by atoms with Crippen LogP contribution in [0.25, 0.3) is 6.08 Å². The molecule has 0 amide bonds. The van der Waals surface area contributed by atoms with Crippen LogP contribution in [0.1, 0.15) is 11.1 Å². The zero-order valence-corrected chi connectivity index (χ0v) is 16.0. The highest BCUT2D eigenvalue weighted by atomic mass is 79.9. The third-order valence-corrected chi connectivity index (χ3v) is 4.31. The molecule has 0 saturated heterocycles. The lowest BCUT2D eigenvalue weighted by molar-refractivity contribution is -0.129. The lowest BCUT2D eigenvalue weighted by atomic mass is 10.1. The summed E-state index contributed by atoms with van der Waals surface area (Å²) >= 11 is 3.43. The first-order valence-electron chi connectivity index (χ1n) is 7.64. The molecule has 0 bridgehead atoms. The van der Waals surface area contributed by atoms with Crippen molar-refractivity contribution < 1.29 is 23.7 Å². The van der Waals surface area contributed by atoms with E-state index in [2.05, 4.69) is 20.9 Å². The average Bonchev–Trinajstić information content (AvgIpc) is 3.01. The van der Waals surface area contributed by atoms with Gasteiger partial charge in [0.1, 0.15) is 5.75 Å². The predicted molar refractivity (Wildman–Crippen MR) is 101 cm³/mol. The Morgan fingerprint density at radius 1 is 1.04 bits per heavy atom. The summed E-state index contributed by atoms with van der Waals surface area (Å²) < 4.78 is 21.7. The normalized spacial score (nSPS) is 14.8. The molecular weight excluding hydrogens is 402 g/mol. The number of carbonyl (C=O) groups excluding carboxylic acids is 1. The van der Waals surface area contributed by atoms with E-state index in [1.54, 1.807) is 57.7 Å². The van der Waals surface area contributed by atoms with Crippen LogP contribution >= 0.6 is 15.9 Å². The Kier molecular flexibility index (Phi) is 5.27. The van der Waals surface area contributed by atoms with Crippen molar-refractivity contribution in [3.8, 4) is 17.2 Å². The molecule has 1 heterocycles. The molecule has 0 N–H and O–H groups in total. The zero-order chi connectivity index (χ0) is 18.7. The Labute approximate surface area is 159 Å². The summed E-state index contributed by atoms with van der Waals surface area (Å²) in [4.78, 5) is 16.4. The quantitative estimate of drug-likeness (QED) is 0.546. The third-order valence-electron chi connectivity index (χ3n) is 3.72. The topological polar surface area (TPSA) is 66.3 Å². The van der Waals surface area contributed by atoms with Gasteiger partial charge in [0, 0.05) is 5.56 Å². The Morgan fingerprint density at radius 3 is 2.38 bits per heavy atom. The van der Waals surface area contributed by atoms with E-state index < -0.39 is 5.97 Å². The number of carbonyl (C=O) groups is 1. The highest BCUT2D eigenvalue weighted by molar-refractivity contribution is 9.10. The van der Waals surface area contributed by atoms with Crippen LogP contribution in [-0.4, -0.2) is 33.2 Å². The number of esters is 1. The molecule has 2 aromatic carbocycles. The van der Waals surface area contributed by atoms with Gasteiger partial charge in [-0.05, 0) is 64.0 Å². The van der Waals surface area contributed by atoms with Gasteiger partial charge in [0.05, 0.1) is 25.8 Å². The van der Waals surface area contributed by atoms with Crippen molar-refractivity contribution in [1.82, 2.24) is 0 Å². The molecule has 0 radical (unpaired) electrons. The predicted octanol–water partition coefficient (Wildman–Crippen LogP) is 3.82. The molecule has 0 aromatic heterocycles. The number of hydrogen-bond acceptors (Lipinski definition) is 6. The van der Waals surface area contributed by atoms with Gasteiger partial charge in [0.15, 0.2) is 17.2 Å². The second-order valence-electron chi connectivity index (χ2n) is 5.30. The summed E-state index contributed by atoms with van der Waals surface area (Å²) in [7, 11) is 4.69. The molecule has 3 rings (SSSR count). The van der Waals surface area contributed by atoms with Crippen LogP contribution in [0, 0.1) is 0 Å². The van der Waals surface area contributed by atoms with E-state index in [0.29, 0.717) is 27.3 Å². The van der Waals surface area contributed by atoms with Gasteiger partial charge < -0.3 is 18.9 Å². The molecule has 0 fully saturated rings. The van der Waals surface area contributed by atoms with Gasteiger partial charge in [-0.3, -0.25) is 0 Å². The van der Waals surface area contributed by atoms with E-state index >= 15 is 0 Å². The van der Waals surface area contributed by atoms with Crippen LogP contribution < -0.4 is 14.2 Å². The van der Waals surface area contributed by atoms with E-state index in [0.717, 1.165) is 5.56 Å². The fourth-order valence-electron chi connectivity index (χ4n) is 2.45. The molecule has 7 heteroatoms. The number of rotatable bonds is 5. The monoisotopic (exact) mass is 417 g/mol. The molecule has 1 aliphatic rings. The SMILES string of the molecule is COc1ccc(C2=NC(=Cc3cc(Br)c(OC)c(OC)c3)C(=O)O2)cc1. The Hall–Kier alpha value is -2.80. The Bertz CT molecular complexity index is 903. The summed E-state index contributed by atoms with van der Waals surface area (Å²) in [6, 6.07) is 10.7. The number of halogens is 1. The first-order chi connectivity index (χ1) is 12.5. The number of methoxy groups -OCH3 is 3. The van der Waals surface area contributed by atoms with Crippen LogP contribution in [0.5, 0.6) is 17.2 Å².